The highest BCUT2D eigenvalue weighted by Gasteiger charge is 2.62. The van der Waals surface area contributed by atoms with Crippen LogP contribution in [0.1, 0.15) is 75.3 Å². The zero-order valence-corrected chi connectivity index (χ0v) is 25.5. The van der Waals surface area contributed by atoms with E-state index in [9.17, 15) is 19.8 Å². The minimum Gasteiger partial charge on any atom is -0.497 e. The largest absolute Gasteiger partial charge is 0.497 e. The summed E-state index contributed by atoms with van der Waals surface area (Å²) in [6, 6.07) is 5.35. The maximum Gasteiger partial charge on any atom is 0.352 e. The number of carboxylic acid groups (broad SMARTS) is 1. The number of carbonyl (C=O) groups excluding carboxylic acids is 1. The lowest BCUT2D eigenvalue weighted by Gasteiger charge is -2.58. The summed E-state index contributed by atoms with van der Waals surface area (Å²) in [5.74, 6) is 1.00. The average Bonchev–Trinajstić information content (AvgIpc) is 3.46. The van der Waals surface area contributed by atoms with Crippen LogP contribution >= 0.6 is 0 Å². The molecule has 0 unspecified atom stereocenters. The van der Waals surface area contributed by atoms with Crippen molar-refractivity contribution in [3.8, 4) is 5.75 Å². The molecule has 1 amide bonds. The molecule has 6 atom stereocenters. The number of amides is 1. The second-order valence-corrected chi connectivity index (χ2v) is 13.6. The quantitative estimate of drug-likeness (QED) is 0.305. The second-order valence-electron chi connectivity index (χ2n) is 13.6. The maximum absolute atomic E-state index is 12.5. The Morgan fingerprint density at radius 2 is 1.93 bits per heavy atom. The first kappa shape index (κ1) is 29.5. The van der Waals surface area contributed by atoms with E-state index in [1.54, 1.807) is 25.3 Å². The van der Waals surface area contributed by atoms with Crippen molar-refractivity contribution in [2.75, 3.05) is 20.3 Å². The van der Waals surface area contributed by atoms with Gasteiger partial charge in [-0.2, -0.15) is 0 Å². The average molecular weight is 590 g/mol. The Labute approximate surface area is 252 Å². The predicted octanol–water partition coefficient (Wildman–Crippen LogP) is 5.40. The van der Waals surface area contributed by atoms with Gasteiger partial charge >= 0.3 is 5.97 Å². The number of benzene rings is 1. The van der Waals surface area contributed by atoms with E-state index < -0.39 is 11.6 Å². The van der Waals surface area contributed by atoms with Gasteiger partial charge in [0.25, 0.3) is 5.91 Å². The predicted molar refractivity (Wildman–Crippen MR) is 164 cm³/mol. The van der Waals surface area contributed by atoms with Crippen molar-refractivity contribution in [2.24, 2.45) is 33.7 Å². The van der Waals surface area contributed by atoms with E-state index in [4.69, 9.17) is 9.57 Å². The molecule has 2 aromatic rings. The number of carboxylic acids is 1. The first-order chi connectivity index (χ1) is 20.5. The number of rotatable bonds is 8. The second kappa shape index (κ2) is 10.8. The summed E-state index contributed by atoms with van der Waals surface area (Å²) >= 11 is 0. The topological polar surface area (TPSA) is 133 Å². The number of hydrogen-bond donors (Lipinski definition) is 4. The van der Waals surface area contributed by atoms with Crippen LogP contribution in [0.3, 0.4) is 0 Å². The Morgan fingerprint density at radius 1 is 1.14 bits per heavy atom. The van der Waals surface area contributed by atoms with E-state index >= 15 is 0 Å². The number of hydrogen-bond acceptors (Lipinski definition) is 6. The molecule has 0 spiro atoms. The molecule has 0 saturated heterocycles. The van der Waals surface area contributed by atoms with Crippen molar-refractivity contribution >= 4 is 28.5 Å². The molecule has 3 fully saturated rings. The monoisotopic (exact) mass is 589 g/mol. The first-order valence-corrected chi connectivity index (χ1v) is 15.5. The van der Waals surface area contributed by atoms with Gasteiger partial charge in [-0.05, 0) is 111 Å². The van der Waals surface area contributed by atoms with Gasteiger partial charge in [0.15, 0.2) is 6.61 Å². The number of aromatic carboxylic acids is 1. The molecule has 9 heteroatoms. The summed E-state index contributed by atoms with van der Waals surface area (Å²) < 4.78 is 5.29. The van der Waals surface area contributed by atoms with Gasteiger partial charge in [0.05, 0.1) is 12.7 Å². The molecule has 230 valence electrons. The minimum atomic E-state index is -1.05. The summed E-state index contributed by atoms with van der Waals surface area (Å²) in [7, 11) is 1.56. The number of aliphatic hydroxyl groups is 1. The molecule has 9 nitrogen and oxygen atoms in total. The van der Waals surface area contributed by atoms with Gasteiger partial charge in [-0.15, -0.1) is 0 Å². The van der Waals surface area contributed by atoms with Crippen molar-refractivity contribution in [1.29, 1.82) is 0 Å². The molecule has 6 rings (SSSR count). The summed E-state index contributed by atoms with van der Waals surface area (Å²) in [5.41, 5.74) is 2.92. The van der Waals surface area contributed by atoms with Gasteiger partial charge in [0.2, 0.25) is 0 Å². The maximum atomic E-state index is 12.5. The highest BCUT2D eigenvalue weighted by atomic mass is 16.6. The molecular formula is C34H43N3O6. The number of fused-ring (bicyclic) bond motifs is 6. The SMILES string of the molecule is COc1ccc2[nH]c(C(=O)O)c(CCNC(=O)CO/N=C3\C=C[C@@]4(C)C(=C3)CC[C@@H]3[C@@H]4CC[C@@]4(C)[C@H]3CC[C@]4(C)O)c2c1. The summed E-state index contributed by atoms with van der Waals surface area (Å²) in [5, 5.41) is 28.6. The van der Waals surface area contributed by atoms with Crippen LogP contribution < -0.4 is 10.1 Å². The summed E-state index contributed by atoms with van der Waals surface area (Å²) in [6.45, 7) is 6.74. The van der Waals surface area contributed by atoms with Crippen molar-refractivity contribution in [3.63, 3.8) is 0 Å². The van der Waals surface area contributed by atoms with E-state index in [0.717, 1.165) is 43.9 Å². The molecule has 1 aromatic heterocycles. The fraction of sp³-hybridized carbons (Fsp3) is 0.559. The lowest BCUT2D eigenvalue weighted by Crippen LogP contribution is -2.53. The van der Waals surface area contributed by atoms with Crippen molar-refractivity contribution < 1.29 is 29.4 Å². The Balaban J connectivity index is 1.04. The molecule has 4 N–H and O–H groups in total. The summed E-state index contributed by atoms with van der Waals surface area (Å²) in [4.78, 5) is 32.7. The number of ether oxygens (including phenoxy) is 1. The van der Waals surface area contributed by atoms with Crippen LogP contribution in [0.4, 0.5) is 0 Å². The third-order valence-electron chi connectivity index (χ3n) is 11.5. The fourth-order valence-electron chi connectivity index (χ4n) is 8.85. The Morgan fingerprint density at radius 3 is 2.70 bits per heavy atom. The first-order valence-electron chi connectivity index (χ1n) is 15.5. The van der Waals surface area contributed by atoms with Gasteiger partial charge in [0, 0.05) is 22.9 Å². The molecular weight excluding hydrogens is 546 g/mol. The van der Waals surface area contributed by atoms with Crippen LogP contribution in [-0.2, 0) is 16.1 Å². The lowest BCUT2D eigenvalue weighted by molar-refractivity contribution is -0.125. The zero-order valence-electron chi connectivity index (χ0n) is 25.5. The molecule has 43 heavy (non-hydrogen) atoms. The van der Waals surface area contributed by atoms with Gasteiger partial charge in [0.1, 0.15) is 17.2 Å². The number of nitrogens with zero attached hydrogens (tertiary/aromatic N) is 1. The van der Waals surface area contributed by atoms with Crippen LogP contribution in [0, 0.1) is 28.6 Å². The van der Waals surface area contributed by atoms with Gasteiger partial charge in [-0.1, -0.05) is 30.7 Å². The van der Waals surface area contributed by atoms with Gasteiger partial charge in [-0.25, -0.2) is 4.79 Å². The molecule has 4 aliphatic rings. The molecule has 1 heterocycles. The molecule has 1 aromatic carbocycles. The van der Waals surface area contributed by atoms with E-state index in [0.29, 0.717) is 46.7 Å². The Hall–Kier alpha value is -3.59. The van der Waals surface area contributed by atoms with Gasteiger partial charge < -0.3 is 30.1 Å². The number of nitrogens with one attached hydrogen (secondary N) is 2. The number of aromatic nitrogens is 1. The Kier molecular flexibility index (Phi) is 7.43. The number of H-pyrrole nitrogens is 1. The van der Waals surface area contributed by atoms with Crippen LogP contribution in [0.5, 0.6) is 5.75 Å². The van der Waals surface area contributed by atoms with Crippen molar-refractivity contribution in [3.05, 3.63) is 53.3 Å². The number of aromatic amines is 1. The highest BCUT2D eigenvalue weighted by molar-refractivity contribution is 6.05. The zero-order chi connectivity index (χ0) is 30.6. The fourth-order valence-corrected chi connectivity index (χ4v) is 8.85. The number of methoxy groups -OCH3 is 1. The standard InChI is InChI=1S/C34H43N3O6/c1-32-13-9-21(17-20(32)5-7-24-26(32)10-14-33(2)27(24)11-15-34(33,3)41)37-43-19-29(38)35-16-12-23-25-18-22(42-4)6-8-28(25)36-30(23)31(39)40/h6,8-9,13,17-18,24,26-27,36,41H,5,7,10-12,14-16,19H2,1-4H3,(H,35,38)(H,39,40)/b37-21+/t24-,26+,27+,32+,33+,34+/m1/s1. The lowest BCUT2D eigenvalue weighted by atomic mass is 9.47. The number of oxime groups is 1. The van der Waals surface area contributed by atoms with E-state index in [1.165, 1.54) is 5.57 Å². The van der Waals surface area contributed by atoms with Gasteiger partial charge in [-0.3, -0.25) is 4.79 Å². The van der Waals surface area contributed by atoms with E-state index in [1.807, 2.05) is 13.0 Å². The number of allylic oxidation sites excluding steroid dienone is 4. The third kappa shape index (κ3) is 4.95. The minimum absolute atomic E-state index is 0.00662. The van der Waals surface area contributed by atoms with E-state index in [-0.39, 0.29) is 35.6 Å². The molecule has 0 radical (unpaired) electrons. The Bertz CT molecular complexity index is 1540. The van der Waals surface area contributed by atoms with Crippen LogP contribution in [-0.4, -0.2) is 58.6 Å². The molecule has 0 bridgehead atoms. The van der Waals surface area contributed by atoms with Crippen molar-refractivity contribution in [1.82, 2.24) is 10.3 Å². The van der Waals surface area contributed by atoms with Crippen molar-refractivity contribution in [2.45, 2.75) is 71.3 Å². The molecule has 3 saturated carbocycles. The molecule has 4 aliphatic carbocycles. The molecule has 0 aliphatic heterocycles. The number of carbonyl (C=O) groups is 2. The normalized spacial score (nSPS) is 33.8. The smallest absolute Gasteiger partial charge is 0.352 e. The van der Waals surface area contributed by atoms with Crippen LogP contribution in [0.2, 0.25) is 0 Å². The van der Waals surface area contributed by atoms with E-state index in [2.05, 4.69) is 41.5 Å². The highest BCUT2D eigenvalue weighted by Crippen LogP contribution is 2.66. The summed E-state index contributed by atoms with van der Waals surface area (Å²) in [6.07, 6.45) is 13.1. The van der Waals surface area contributed by atoms with Crippen LogP contribution in [0.15, 0.2) is 47.2 Å². The third-order valence-corrected chi connectivity index (χ3v) is 11.5. The van der Waals surface area contributed by atoms with Crippen LogP contribution in [0.25, 0.3) is 10.9 Å².